The van der Waals surface area contributed by atoms with Crippen LogP contribution in [0.25, 0.3) is 0 Å². The van der Waals surface area contributed by atoms with Gasteiger partial charge in [0.25, 0.3) is 0 Å². The molecule has 0 bridgehead atoms. The fraction of sp³-hybridized carbons (Fsp3) is 0.438. The van der Waals surface area contributed by atoms with Crippen molar-refractivity contribution in [2.45, 2.75) is 32.7 Å². The van der Waals surface area contributed by atoms with E-state index in [2.05, 4.69) is 56.6 Å². The molecule has 2 heterocycles. The van der Waals surface area contributed by atoms with Crippen LogP contribution in [0.2, 0.25) is 0 Å². The molecule has 5 heteroatoms. The van der Waals surface area contributed by atoms with Crippen molar-refractivity contribution in [2.24, 2.45) is 0 Å². The number of hydrogen-bond donors (Lipinski definition) is 1. The fourth-order valence-corrected chi connectivity index (χ4v) is 2.62. The lowest BCUT2D eigenvalue weighted by atomic mass is 10.1. The van der Waals surface area contributed by atoms with E-state index in [1.807, 2.05) is 0 Å². The van der Waals surface area contributed by atoms with Gasteiger partial charge in [-0.15, -0.1) is 5.10 Å². The number of aromatic nitrogens is 3. The van der Waals surface area contributed by atoms with E-state index < -0.39 is 0 Å². The molecule has 0 amide bonds. The highest BCUT2D eigenvalue weighted by Crippen LogP contribution is 2.16. The molecule has 21 heavy (non-hydrogen) atoms. The molecule has 0 atom stereocenters. The van der Waals surface area contributed by atoms with Gasteiger partial charge in [-0.3, -0.25) is 0 Å². The van der Waals surface area contributed by atoms with Crippen molar-refractivity contribution in [3.05, 3.63) is 41.6 Å². The Hall–Kier alpha value is -2.17. The summed E-state index contributed by atoms with van der Waals surface area (Å²) in [4.78, 5) is 6.79. The minimum Gasteiger partial charge on any atom is -0.365 e. The van der Waals surface area contributed by atoms with Crippen LogP contribution in [0, 0.1) is 6.92 Å². The van der Waals surface area contributed by atoms with Crippen LogP contribution in [0.1, 0.15) is 30.4 Å². The lowest BCUT2D eigenvalue weighted by molar-refractivity contribution is 0.565. The quantitative estimate of drug-likeness (QED) is 0.935. The van der Waals surface area contributed by atoms with Crippen LogP contribution in [0.15, 0.2) is 30.5 Å². The molecular weight excluding hydrogens is 262 g/mol. The molecule has 1 aromatic carbocycles. The second-order valence-corrected chi connectivity index (χ2v) is 5.53. The number of hydrogen-bond acceptors (Lipinski definition) is 5. The maximum Gasteiger partial charge on any atom is 0.247 e. The third-order valence-electron chi connectivity index (χ3n) is 3.74. The minimum atomic E-state index is 0.740. The van der Waals surface area contributed by atoms with Crippen LogP contribution in [0.3, 0.4) is 0 Å². The zero-order valence-corrected chi connectivity index (χ0v) is 12.4. The predicted molar refractivity (Wildman–Crippen MR) is 84.4 cm³/mol. The molecule has 0 aliphatic carbocycles. The predicted octanol–water partition coefficient (Wildman–Crippen LogP) is 2.78. The molecule has 0 spiro atoms. The average molecular weight is 283 g/mol. The van der Waals surface area contributed by atoms with Crippen LogP contribution in [-0.2, 0) is 6.54 Å². The van der Waals surface area contributed by atoms with Crippen molar-refractivity contribution >= 4 is 11.8 Å². The first-order valence-corrected chi connectivity index (χ1v) is 7.55. The van der Waals surface area contributed by atoms with Gasteiger partial charge in [0.05, 0.1) is 6.20 Å². The Bertz CT molecular complexity index is 593. The summed E-state index contributed by atoms with van der Waals surface area (Å²) < 4.78 is 0. The summed E-state index contributed by atoms with van der Waals surface area (Å²) >= 11 is 0. The summed E-state index contributed by atoms with van der Waals surface area (Å²) in [5.41, 5.74) is 2.51. The molecule has 1 N–H and O–H groups in total. The summed E-state index contributed by atoms with van der Waals surface area (Å²) in [6.45, 7) is 4.91. The first-order valence-electron chi connectivity index (χ1n) is 7.55. The number of nitrogens with zero attached hydrogens (tertiary/aromatic N) is 4. The molecule has 1 aliphatic heterocycles. The van der Waals surface area contributed by atoms with Crippen LogP contribution < -0.4 is 10.2 Å². The van der Waals surface area contributed by atoms with E-state index in [-0.39, 0.29) is 0 Å². The van der Waals surface area contributed by atoms with Gasteiger partial charge in [-0.1, -0.05) is 29.8 Å². The smallest absolute Gasteiger partial charge is 0.247 e. The van der Waals surface area contributed by atoms with Gasteiger partial charge < -0.3 is 10.2 Å². The van der Waals surface area contributed by atoms with Gasteiger partial charge in [0.1, 0.15) is 0 Å². The van der Waals surface area contributed by atoms with Gasteiger partial charge in [0, 0.05) is 19.6 Å². The van der Waals surface area contributed by atoms with E-state index in [0.717, 1.165) is 31.4 Å². The van der Waals surface area contributed by atoms with E-state index in [1.165, 1.54) is 30.4 Å². The molecule has 3 rings (SSSR count). The maximum atomic E-state index is 4.58. The largest absolute Gasteiger partial charge is 0.365 e. The van der Waals surface area contributed by atoms with Gasteiger partial charge in [-0.25, -0.2) is 0 Å². The molecule has 1 aromatic heterocycles. The highest BCUT2D eigenvalue weighted by atomic mass is 15.3. The SMILES string of the molecule is Cc1cccc(CNc2cnnc(N3CCCCC3)n2)c1. The van der Waals surface area contributed by atoms with Gasteiger partial charge in [0.2, 0.25) is 5.95 Å². The molecule has 0 saturated carbocycles. The lowest BCUT2D eigenvalue weighted by Crippen LogP contribution is -2.31. The fourth-order valence-electron chi connectivity index (χ4n) is 2.62. The lowest BCUT2D eigenvalue weighted by Gasteiger charge is -2.26. The second-order valence-electron chi connectivity index (χ2n) is 5.53. The van der Waals surface area contributed by atoms with Crippen molar-refractivity contribution in [1.82, 2.24) is 15.2 Å². The van der Waals surface area contributed by atoms with Gasteiger partial charge >= 0.3 is 0 Å². The summed E-state index contributed by atoms with van der Waals surface area (Å²) in [6.07, 6.45) is 5.41. The van der Waals surface area contributed by atoms with Crippen molar-refractivity contribution < 1.29 is 0 Å². The summed E-state index contributed by atoms with van der Waals surface area (Å²) in [5.74, 6) is 1.52. The van der Waals surface area contributed by atoms with Crippen LogP contribution in [0.4, 0.5) is 11.8 Å². The van der Waals surface area contributed by atoms with Crippen molar-refractivity contribution in [2.75, 3.05) is 23.3 Å². The summed E-state index contributed by atoms with van der Waals surface area (Å²) in [5, 5.41) is 11.6. The third kappa shape index (κ3) is 3.68. The van der Waals surface area contributed by atoms with Crippen molar-refractivity contribution in [3.8, 4) is 0 Å². The van der Waals surface area contributed by atoms with Gasteiger partial charge in [-0.2, -0.15) is 10.1 Å². The van der Waals surface area contributed by atoms with Gasteiger partial charge in [0.15, 0.2) is 5.82 Å². The first-order chi connectivity index (χ1) is 10.3. The van der Waals surface area contributed by atoms with E-state index in [9.17, 15) is 0 Å². The van der Waals surface area contributed by atoms with Crippen molar-refractivity contribution in [1.29, 1.82) is 0 Å². The Kier molecular flexibility index (Phi) is 4.28. The first kappa shape index (κ1) is 13.8. The Morgan fingerprint density at radius 1 is 1.19 bits per heavy atom. The Labute approximate surface area is 125 Å². The maximum absolute atomic E-state index is 4.58. The van der Waals surface area contributed by atoms with E-state index in [4.69, 9.17) is 0 Å². The molecule has 1 fully saturated rings. The minimum absolute atomic E-state index is 0.740. The number of benzene rings is 1. The van der Waals surface area contributed by atoms with Gasteiger partial charge in [-0.05, 0) is 31.7 Å². The normalized spacial score (nSPS) is 15.0. The second kappa shape index (κ2) is 6.52. The number of anilines is 2. The summed E-state index contributed by atoms with van der Waals surface area (Å²) in [7, 11) is 0. The standard InChI is InChI=1S/C16H21N5/c1-13-6-5-7-14(10-13)11-17-15-12-18-20-16(19-15)21-8-3-2-4-9-21/h5-7,10,12H,2-4,8-9,11H2,1H3,(H,17,19,20). The zero-order chi connectivity index (χ0) is 14.5. The molecule has 0 radical (unpaired) electrons. The van der Waals surface area contributed by atoms with E-state index in [1.54, 1.807) is 6.20 Å². The van der Waals surface area contributed by atoms with Crippen LogP contribution >= 0.6 is 0 Å². The van der Waals surface area contributed by atoms with E-state index >= 15 is 0 Å². The highest BCUT2D eigenvalue weighted by molar-refractivity contribution is 5.40. The molecule has 1 aliphatic rings. The van der Waals surface area contributed by atoms with E-state index in [0.29, 0.717) is 0 Å². The Morgan fingerprint density at radius 2 is 2.05 bits per heavy atom. The topological polar surface area (TPSA) is 53.9 Å². The Morgan fingerprint density at radius 3 is 2.86 bits per heavy atom. The number of piperidine rings is 1. The number of rotatable bonds is 4. The third-order valence-corrected chi connectivity index (χ3v) is 3.74. The summed E-state index contributed by atoms with van der Waals surface area (Å²) in [6, 6.07) is 8.46. The number of nitrogens with one attached hydrogen (secondary N) is 1. The molecule has 110 valence electrons. The molecule has 0 unspecified atom stereocenters. The van der Waals surface area contributed by atoms with Crippen molar-refractivity contribution in [3.63, 3.8) is 0 Å². The monoisotopic (exact) mass is 283 g/mol. The zero-order valence-electron chi connectivity index (χ0n) is 12.4. The molecule has 2 aromatic rings. The molecule has 5 nitrogen and oxygen atoms in total. The average Bonchev–Trinajstić information content (AvgIpc) is 2.54. The number of aryl methyl sites for hydroxylation is 1. The van der Waals surface area contributed by atoms with Crippen LogP contribution in [-0.4, -0.2) is 28.3 Å². The highest BCUT2D eigenvalue weighted by Gasteiger charge is 2.14. The Balaban J connectivity index is 1.65. The molecule has 1 saturated heterocycles. The van der Waals surface area contributed by atoms with Crippen LogP contribution in [0.5, 0.6) is 0 Å². The molecular formula is C16H21N5.